The molecule has 14 heteroatoms. The molecule has 14 nitrogen and oxygen atoms in total. The van der Waals surface area contributed by atoms with Gasteiger partial charge >= 0.3 is 29.8 Å². The van der Waals surface area contributed by atoms with Crippen LogP contribution in [0.5, 0.6) is 0 Å². The molecule has 0 fully saturated rings. The van der Waals surface area contributed by atoms with Gasteiger partial charge in [0.15, 0.2) is 0 Å². The molecule has 650 valence electrons. The van der Waals surface area contributed by atoms with Crippen molar-refractivity contribution < 1.29 is 57.2 Å². The Morgan fingerprint density at radius 2 is 0.509 bits per heavy atom. The molecular formula is C98H176N2O12. The summed E-state index contributed by atoms with van der Waals surface area (Å²) in [4.78, 5) is 85.4. The summed E-state index contributed by atoms with van der Waals surface area (Å²) < 4.78 is 26.2. The number of amides is 2. The van der Waals surface area contributed by atoms with Crippen LogP contribution in [0.1, 0.15) is 470 Å². The number of hydrogen-bond donors (Lipinski definition) is 2. The summed E-state index contributed by atoms with van der Waals surface area (Å²) in [5.74, 6) is 2.22. The van der Waals surface area contributed by atoms with Gasteiger partial charge < -0.3 is 34.3 Å². The number of hydrogen-bond acceptors (Lipinski definition) is 12. The van der Waals surface area contributed by atoms with Crippen molar-refractivity contribution in [2.75, 3.05) is 39.5 Å². The molecule has 4 unspecified atom stereocenters. The number of rotatable bonds is 87. The molecule has 0 aliphatic carbocycles. The van der Waals surface area contributed by atoms with E-state index in [1.165, 1.54) is 302 Å². The van der Waals surface area contributed by atoms with Gasteiger partial charge in [-0.2, -0.15) is 0 Å². The van der Waals surface area contributed by atoms with E-state index in [-0.39, 0.29) is 55.3 Å². The van der Waals surface area contributed by atoms with Crippen LogP contribution in [0, 0.1) is 23.7 Å². The van der Waals surface area contributed by atoms with E-state index >= 15 is 0 Å². The predicted octanol–water partition coefficient (Wildman–Crippen LogP) is 27.4. The van der Waals surface area contributed by atoms with Crippen molar-refractivity contribution in [1.29, 1.82) is 0 Å². The van der Waals surface area contributed by atoms with Gasteiger partial charge in [0.25, 0.3) is 0 Å². The van der Waals surface area contributed by atoms with E-state index in [1.54, 1.807) is 0 Å². The SMILES string of the molecule is C=CC(=O)OCCOC(=O)CCCCCOC(=O)CCCCCOC(=O)CCCCCCCCC(CCCCCCCC)C(CCCCCCCC)CCCCCCCCC(=O)NCCNC(=O)CCCCCCCCC(CCCCCCCC)C(CCCCCCCC)CCCCCCCCC(=O)OCc1ccccc1. The molecule has 112 heavy (non-hydrogen) atoms. The fourth-order valence-corrected chi connectivity index (χ4v) is 16.2. The van der Waals surface area contributed by atoms with Crippen LogP contribution in [0.2, 0.25) is 0 Å². The molecule has 0 spiro atoms. The summed E-state index contributed by atoms with van der Waals surface area (Å²) in [5, 5.41) is 6.13. The van der Waals surface area contributed by atoms with Gasteiger partial charge in [-0.15, -0.1) is 0 Å². The van der Waals surface area contributed by atoms with Crippen molar-refractivity contribution in [1.82, 2.24) is 10.6 Å². The lowest BCUT2D eigenvalue weighted by atomic mass is 9.78. The van der Waals surface area contributed by atoms with Crippen molar-refractivity contribution in [3.63, 3.8) is 0 Å². The summed E-state index contributed by atoms with van der Waals surface area (Å²) >= 11 is 0. The molecular weight excluding hydrogens is 1400 g/mol. The Hall–Kier alpha value is -4.75. The third-order valence-corrected chi connectivity index (χ3v) is 23.3. The zero-order valence-corrected chi connectivity index (χ0v) is 73.4. The Morgan fingerprint density at radius 1 is 0.277 bits per heavy atom. The third-order valence-electron chi connectivity index (χ3n) is 23.3. The second-order valence-electron chi connectivity index (χ2n) is 33.4. The first-order valence-electron chi connectivity index (χ1n) is 47.9. The number of ether oxygens (including phenoxy) is 5. The minimum absolute atomic E-state index is 0.000190. The minimum atomic E-state index is -0.554. The van der Waals surface area contributed by atoms with Crippen molar-refractivity contribution in [2.45, 2.75) is 471 Å². The highest BCUT2D eigenvalue weighted by molar-refractivity contribution is 5.81. The Labute approximate surface area is 688 Å². The normalized spacial score (nSPS) is 12.4. The van der Waals surface area contributed by atoms with Crippen LogP contribution in [0.25, 0.3) is 0 Å². The lowest BCUT2D eigenvalue weighted by Crippen LogP contribution is -2.34. The number of carbonyl (C=O) groups excluding carboxylic acids is 7. The molecule has 0 saturated heterocycles. The van der Waals surface area contributed by atoms with Gasteiger partial charge in [-0.05, 0) is 93.4 Å². The Balaban J connectivity index is 2.41. The van der Waals surface area contributed by atoms with E-state index in [2.05, 4.69) is 44.9 Å². The van der Waals surface area contributed by atoms with Crippen molar-refractivity contribution in [3.05, 3.63) is 48.6 Å². The number of benzene rings is 1. The minimum Gasteiger partial charge on any atom is -0.466 e. The van der Waals surface area contributed by atoms with Crippen molar-refractivity contribution >= 4 is 41.7 Å². The summed E-state index contributed by atoms with van der Waals surface area (Å²) in [7, 11) is 0. The monoisotopic (exact) mass is 1570 g/mol. The van der Waals surface area contributed by atoms with Crippen LogP contribution in [0.3, 0.4) is 0 Å². The molecule has 0 aromatic heterocycles. The Morgan fingerprint density at radius 3 is 0.795 bits per heavy atom. The molecule has 1 aromatic carbocycles. The number of nitrogens with one attached hydrogen (secondary N) is 2. The van der Waals surface area contributed by atoms with E-state index in [1.807, 2.05) is 30.3 Å². The quantitative estimate of drug-likeness (QED) is 0.0272. The van der Waals surface area contributed by atoms with E-state index < -0.39 is 5.97 Å². The van der Waals surface area contributed by atoms with E-state index in [0.717, 1.165) is 112 Å². The molecule has 0 radical (unpaired) electrons. The van der Waals surface area contributed by atoms with Crippen LogP contribution in [-0.2, 0) is 63.9 Å². The van der Waals surface area contributed by atoms with Gasteiger partial charge in [-0.3, -0.25) is 28.8 Å². The van der Waals surface area contributed by atoms with Crippen LogP contribution in [0.4, 0.5) is 0 Å². The average Bonchev–Trinajstić information content (AvgIpc) is 0.913. The summed E-state index contributed by atoms with van der Waals surface area (Å²) in [6.07, 6.45) is 80.1. The van der Waals surface area contributed by atoms with Gasteiger partial charge in [0.2, 0.25) is 11.8 Å². The molecule has 0 bridgehead atoms. The Bertz CT molecular complexity index is 2310. The number of esters is 5. The smallest absolute Gasteiger partial charge is 0.330 e. The second-order valence-corrected chi connectivity index (χ2v) is 33.4. The first kappa shape index (κ1) is 105. The number of carbonyl (C=O) groups is 7. The lowest BCUT2D eigenvalue weighted by Gasteiger charge is -2.28. The first-order chi connectivity index (χ1) is 54.9. The Kier molecular flexibility index (Phi) is 77.8. The first-order valence-corrected chi connectivity index (χ1v) is 47.9. The molecule has 4 atom stereocenters. The molecule has 1 rings (SSSR count). The standard InChI is InChI=1S/C98H176N2O12/c1-6-11-15-19-31-48-66-88(90(68-50-33-21-17-13-8-3)72-54-37-25-29-41-58-76-95(104)108-82-62-44-60-77-96(105)109-83-63-45-61-78-97(106)111-85-84-110-94(103)10-5)70-52-35-23-27-39-56-74-92(101)99-80-81-100-93(102)75-57-40-28-24-36-53-71-89(67-49-32-20-16-12-7-2)91(69-51-34-22-18-14-9-4)73-55-38-26-30-42-59-79-98(107)112-86-87-64-46-43-47-65-87/h10,43,46-47,64-65,88-91H,5-9,11-42,44-45,48-63,66-86H2,1-4H3,(H,99,101)(H,100,102). The second kappa shape index (κ2) is 82.8. The largest absolute Gasteiger partial charge is 0.466 e. The van der Waals surface area contributed by atoms with Gasteiger partial charge in [0.1, 0.15) is 19.8 Å². The topological polar surface area (TPSA) is 190 Å². The molecule has 0 saturated carbocycles. The van der Waals surface area contributed by atoms with Gasteiger partial charge in [0, 0.05) is 57.7 Å². The highest BCUT2D eigenvalue weighted by Gasteiger charge is 2.23. The fourth-order valence-electron chi connectivity index (χ4n) is 16.2. The number of unbranched alkanes of at least 4 members (excludes halogenated alkanes) is 44. The summed E-state index contributed by atoms with van der Waals surface area (Å²) in [6, 6.07) is 9.96. The highest BCUT2D eigenvalue weighted by atomic mass is 16.6. The molecule has 2 amide bonds. The van der Waals surface area contributed by atoms with Crippen LogP contribution < -0.4 is 10.6 Å². The maximum Gasteiger partial charge on any atom is 0.330 e. The summed E-state index contributed by atoms with van der Waals surface area (Å²) in [6.45, 7) is 14.6. The molecule has 2 N–H and O–H groups in total. The maximum absolute atomic E-state index is 12.8. The molecule has 0 aliphatic rings. The van der Waals surface area contributed by atoms with E-state index in [0.29, 0.717) is 84.3 Å². The maximum atomic E-state index is 12.8. The molecule has 0 aliphatic heterocycles. The molecule has 0 heterocycles. The molecule has 1 aromatic rings. The zero-order chi connectivity index (χ0) is 81.2. The van der Waals surface area contributed by atoms with Crippen LogP contribution >= 0.6 is 0 Å². The third kappa shape index (κ3) is 71.8. The zero-order valence-electron chi connectivity index (χ0n) is 73.4. The predicted molar refractivity (Wildman–Crippen MR) is 467 cm³/mol. The van der Waals surface area contributed by atoms with E-state index in [9.17, 15) is 33.6 Å². The van der Waals surface area contributed by atoms with Gasteiger partial charge in [-0.1, -0.05) is 398 Å². The van der Waals surface area contributed by atoms with E-state index in [4.69, 9.17) is 23.7 Å². The van der Waals surface area contributed by atoms with Crippen molar-refractivity contribution in [3.8, 4) is 0 Å². The lowest BCUT2D eigenvalue weighted by molar-refractivity contribution is -0.149. The fraction of sp³-hybridized carbons (Fsp3) is 0.847. The van der Waals surface area contributed by atoms with Gasteiger partial charge in [-0.25, -0.2) is 4.79 Å². The van der Waals surface area contributed by atoms with Crippen LogP contribution in [0.15, 0.2) is 43.0 Å². The van der Waals surface area contributed by atoms with Crippen molar-refractivity contribution in [2.24, 2.45) is 23.7 Å². The van der Waals surface area contributed by atoms with Crippen LogP contribution in [-0.4, -0.2) is 81.2 Å². The van der Waals surface area contributed by atoms with Gasteiger partial charge in [0.05, 0.1) is 13.2 Å². The summed E-state index contributed by atoms with van der Waals surface area (Å²) in [5.41, 5.74) is 1.04. The average molecular weight is 1570 g/mol. The highest BCUT2D eigenvalue weighted by Crippen LogP contribution is 2.36.